The number of carbonyl (C=O) groups is 2. The molecular weight excluding hydrogens is 336 g/mol. The Morgan fingerprint density at radius 3 is 2.40 bits per heavy atom. The summed E-state index contributed by atoms with van der Waals surface area (Å²) in [5, 5.41) is 5.45. The van der Waals surface area contributed by atoms with E-state index in [2.05, 4.69) is 5.10 Å². The van der Waals surface area contributed by atoms with E-state index in [0.717, 1.165) is 33.6 Å². The van der Waals surface area contributed by atoms with Crippen molar-refractivity contribution in [1.82, 2.24) is 19.6 Å². The summed E-state index contributed by atoms with van der Waals surface area (Å²) in [5.41, 5.74) is 0.958. The predicted molar refractivity (Wildman–Crippen MR) is 97.8 cm³/mol. The van der Waals surface area contributed by atoms with Gasteiger partial charge in [-0.15, -0.1) is 11.3 Å². The van der Waals surface area contributed by atoms with Crippen LogP contribution in [-0.4, -0.2) is 57.6 Å². The monoisotopic (exact) mass is 360 g/mol. The summed E-state index contributed by atoms with van der Waals surface area (Å²) >= 11 is 1.50. The van der Waals surface area contributed by atoms with E-state index in [0.29, 0.717) is 32.1 Å². The number of carbonyl (C=O) groups excluding carboxylic acids is 2. The first-order chi connectivity index (χ1) is 12.0. The Balaban J connectivity index is 1.41. The lowest BCUT2D eigenvalue weighted by Gasteiger charge is -2.35. The molecule has 2 fully saturated rings. The largest absolute Gasteiger partial charge is 0.339 e. The molecule has 1 saturated carbocycles. The predicted octanol–water partition coefficient (Wildman–Crippen LogP) is 2.42. The molecule has 2 aromatic rings. The van der Waals surface area contributed by atoms with Crippen molar-refractivity contribution in [2.75, 3.05) is 26.2 Å². The number of hydrogen-bond acceptors (Lipinski definition) is 4. The fourth-order valence-electron chi connectivity index (χ4n) is 4.03. The van der Waals surface area contributed by atoms with Gasteiger partial charge in [-0.05, 0) is 25.8 Å². The van der Waals surface area contributed by atoms with Gasteiger partial charge in [-0.1, -0.05) is 12.8 Å². The number of thiophene rings is 1. The highest BCUT2D eigenvalue weighted by atomic mass is 32.1. The molecule has 1 aliphatic carbocycles. The molecular formula is C18H24N4O2S. The van der Waals surface area contributed by atoms with E-state index in [4.69, 9.17) is 0 Å². The van der Waals surface area contributed by atoms with E-state index in [9.17, 15) is 9.59 Å². The maximum Gasteiger partial charge on any atom is 0.264 e. The summed E-state index contributed by atoms with van der Waals surface area (Å²) < 4.78 is 1.84. The van der Waals surface area contributed by atoms with E-state index in [1.165, 1.54) is 24.2 Å². The second-order valence-electron chi connectivity index (χ2n) is 7.14. The summed E-state index contributed by atoms with van der Waals surface area (Å²) in [6.45, 7) is 4.54. The summed E-state index contributed by atoms with van der Waals surface area (Å²) in [7, 11) is 1.91. The van der Waals surface area contributed by atoms with Crippen molar-refractivity contribution < 1.29 is 9.59 Å². The average Bonchev–Trinajstić information content (AvgIpc) is 3.34. The normalized spacial score (nSPS) is 19.1. The minimum absolute atomic E-state index is 0.0774. The number of aromatic nitrogens is 2. The SMILES string of the molecule is Cc1nn(C)c2sc(C(=O)N3CCN(C(=O)C4CCCC4)CC3)cc12. The van der Waals surface area contributed by atoms with Crippen molar-refractivity contribution in [2.24, 2.45) is 13.0 Å². The molecule has 0 atom stereocenters. The van der Waals surface area contributed by atoms with Gasteiger partial charge in [0.05, 0.1) is 10.6 Å². The van der Waals surface area contributed by atoms with Crippen molar-refractivity contribution in [3.8, 4) is 0 Å². The fourth-order valence-corrected chi connectivity index (χ4v) is 5.12. The molecule has 0 spiro atoms. The van der Waals surface area contributed by atoms with Gasteiger partial charge < -0.3 is 9.80 Å². The first-order valence-corrected chi connectivity index (χ1v) is 9.87. The van der Waals surface area contributed by atoms with E-state index in [1.807, 2.05) is 34.5 Å². The average molecular weight is 360 g/mol. The van der Waals surface area contributed by atoms with Crippen LogP contribution in [0.5, 0.6) is 0 Å². The van der Waals surface area contributed by atoms with Gasteiger partial charge >= 0.3 is 0 Å². The minimum Gasteiger partial charge on any atom is -0.339 e. The quantitative estimate of drug-likeness (QED) is 0.826. The molecule has 6 nitrogen and oxygen atoms in total. The summed E-state index contributed by atoms with van der Waals surface area (Å²) in [4.78, 5) is 31.0. The van der Waals surface area contributed by atoms with Crippen molar-refractivity contribution >= 4 is 33.4 Å². The lowest BCUT2D eigenvalue weighted by atomic mass is 10.1. The smallest absolute Gasteiger partial charge is 0.264 e. The summed E-state index contributed by atoms with van der Waals surface area (Å²) in [6, 6.07) is 1.96. The molecule has 0 radical (unpaired) electrons. The van der Waals surface area contributed by atoms with Gasteiger partial charge in [0.25, 0.3) is 5.91 Å². The molecule has 3 heterocycles. The second kappa shape index (κ2) is 6.44. The van der Waals surface area contributed by atoms with Gasteiger partial charge in [-0.2, -0.15) is 5.10 Å². The van der Waals surface area contributed by atoms with Crippen molar-refractivity contribution in [3.05, 3.63) is 16.6 Å². The molecule has 0 bridgehead atoms. The number of amides is 2. The van der Waals surface area contributed by atoms with Crippen LogP contribution in [0, 0.1) is 12.8 Å². The molecule has 2 amide bonds. The lowest BCUT2D eigenvalue weighted by Crippen LogP contribution is -2.51. The molecule has 0 N–H and O–H groups in total. The first kappa shape index (κ1) is 16.6. The molecule has 2 aliphatic rings. The highest BCUT2D eigenvalue weighted by Crippen LogP contribution is 2.29. The molecule has 134 valence electrons. The number of aryl methyl sites for hydroxylation is 2. The Morgan fingerprint density at radius 2 is 1.76 bits per heavy atom. The zero-order valence-corrected chi connectivity index (χ0v) is 15.6. The van der Waals surface area contributed by atoms with Crippen LogP contribution < -0.4 is 0 Å². The number of piperazine rings is 1. The van der Waals surface area contributed by atoms with Crippen LogP contribution in [0.15, 0.2) is 6.07 Å². The van der Waals surface area contributed by atoms with Gasteiger partial charge in [-0.25, -0.2) is 0 Å². The molecule has 0 aromatic carbocycles. The Hall–Kier alpha value is -1.89. The summed E-state index contributed by atoms with van der Waals surface area (Å²) in [5.74, 6) is 0.599. The van der Waals surface area contributed by atoms with Gasteiger partial charge in [0.2, 0.25) is 5.91 Å². The first-order valence-electron chi connectivity index (χ1n) is 9.06. The van der Waals surface area contributed by atoms with Crippen LogP contribution in [0.1, 0.15) is 41.0 Å². The van der Waals surface area contributed by atoms with Crippen LogP contribution in [0.2, 0.25) is 0 Å². The van der Waals surface area contributed by atoms with Crippen molar-refractivity contribution in [2.45, 2.75) is 32.6 Å². The zero-order chi connectivity index (χ0) is 17.6. The van der Waals surface area contributed by atoms with Crippen LogP contribution in [0.3, 0.4) is 0 Å². The molecule has 4 rings (SSSR count). The van der Waals surface area contributed by atoms with Crippen LogP contribution in [0.4, 0.5) is 0 Å². The number of rotatable bonds is 2. The van der Waals surface area contributed by atoms with Crippen LogP contribution in [0.25, 0.3) is 10.2 Å². The molecule has 0 unspecified atom stereocenters. The maximum absolute atomic E-state index is 12.8. The highest BCUT2D eigenvalue weighted by molar-refractivity contribution is 7.20. The maximum atomic E-state index is 12.8. The Morgan fingerprint density at radius 1 is 1.12 bits per heavy atom. The number of fused-ring (bicyclic) bond motifs is 1. The van der Waals surface area contributed by atoms with Gasteiger partial charge in [-0.3, -0.25) is 14.3 Å². The molecule has 1 aliphatic heterocycles. The van der Waals surface area contributed by atoms with E-state index >= 15 is 0 Å². The highest BCUT2D eigenvalue weighted by Gasteiger charge is 2.31. The third-order valence-corrected chi connectivity index (χ3v) is 6.68. The zero-order valence-electron chi connectivity index (χ0n) is 14.8. The minimum atomic E-state index is 0.0774. The molecule has 7 heteroatoms. The third kappa shape index (κ3) is 2.94. The number of nitrogens with zero attached hydrogens (tertiary/aromatic N) is 4. The Labute approximate surface area is 151 Å². The third-order valence-electron chi connectivity index (χ3n) is 5.49. The fraction of sp³-hybridized carbons (Fsp3) is 0.611. The van der Waals surface area contributed by atoms with E-state index < -0.39 is 0 Å². The Bertz CT molecular complexity index is 776. The van der Waals surface area contributed by atoms with Gasteiger partial charge in [0.15, 0.2) is 0 Å². The van der Waals surface area contributed by atoms with Crippen LogP contribution in [-0.2, 0) is 11.8 Å². The molecule has 25 heavy (non-hydrogen) atoms. The summed E-state index contributed by atoms with van der Waals surface area (Å²) in [6.07, 6.45) is 4.42. The standard InChI is InChI=1S/C18H24N4O2S/c1-12-14-11-15(25-18(14)20(2)19-12)17(24)22-9-7-21(8-10-22)16(23)13-5-3-4-6-13/h11,13H,3-10H2,1-2H3. The van der Waals surface area contributed by atoms with E-state index in [1.54, 1.807) is 0 Å². The topological polar surface area (TPSA) is 58.4 Å². The van der Waals surface area contributed by atoms with E-state index in [-0.39, 0.29) is 11.8 Å². The van der Waals surface area contributed by atoms with Crippen molar-refractivity contribution in [1.29, 1.82) is 0 Å². The molecule has 2 aromatic heterocycles. The van der Waals surface area contributed by atoms with Crippen LogP contribution >= 0.6 is 11.3 Å². The van der Waals surface area contributed by atoms with Gasteiger partial charge in [0.1, 0.15) is 4.83 Å². The number of hydrogen-bond donors (Lipinski definition) is 0. The van der Waals surface area contributed by atoms with Gasteiger partial charge in [0, 0.05) is 44.5 Å². The van der Waals surface area contributed by atoms with Crippen molar-refractivity contribution in [3.63, 3.8) is 0 Å². The molecule has 1 saturated heterocycles. The lowest BCUT2D eigenvalue weighted by molar-refractivity contribution is -0.136. The second-order valence-corrected chi connectivity index (χ2v) is 8.17. The Kier molecular flexibility index (Phi) is 4.27.